The first kappa shape index (κ1) is 21.6. The normalized spacial score (nSPS) is 26.7. The Morgan fingerprint density at radius 3 is 2.48 bits per heavy atom. The molecule has 142 valence electrons. The van der Waals surface area contributed by atoms with Crippen molar-refractivity contribution in [1.29, 1.82) is 0 Å². The summed E-state index contributed by atoms with van der Waals surface area (Å²) in [6.07, 6.45) is 11.9. The van der Waals surface area contributed by atoms with Crippen LogP contribution >= 0.6 is 0 Å². The molecule has 4 atom stereocenters. The Labute approximate surface area is 150 Å². The Morgan fingerprint density at radius 1 is 1.04 bits per heavy atom. The minimum Gasteiger partial charge on any atom is -0.481 e. The summed E-state index contributed by atoms with van der Waals surface area (Å²) in [4.78, 5) is 22.3. The van der Waals surface area contributed by atoms with Gasteiger partial charge in [-0.15, -0.1) is 0 Å². The maximum absolute atomic E-state index is 11.9. The minimum atomic E-state index is -0.795. The zero-order chi connectivity index (χ0) is 18.7. The highest BCUT2D eigenvalue weighted by molar-refractivity contribution is 5.89. The van der Waals surface area contributed by atoms with Crippen LogP contribution in [0.25, 0.3) is 0 Å². The van der Waals surface area contributed by atoms with Gasteiger partial charge in [-0.3, -0.25) is 9.59 Å². The molecule has 0 aromatic carbocycles. The standard InChI is InChI=1S/C20H32O5/c1-2-3-6-9-15(21)12-13-17-16(18(22)14-19(17)23)10-7-4-5-8-11-20(24)25/h4,7,12-13,16-19,22-23H,2-3,5-6,8-11,14H2,1H3,(H,24,25)/b7-4-,13-12+/t16-,17+,18-,19+/m0/s1. The lowest BCUT2D eigenvalue weighted by Gasteiger charge is -2.19. The second-order valence-corrected chi connectivity index (χ2v) is 6.89. The summed E-state index contributed by atoms with van der Waals surface area (Å²) in [5, 5.41) is 28.9. The van der Waals surface area contributed by atoms with Crippen LogP contribution in [0.2, 0.25) is 0 Å². The van der Waals surface area contributed by atoms with Crippen LogP contribution in [0.3, 0.4) is 0 Å². The lowest BCUT2D eigenvalue weighted by atomic mass is 9.89. The molecule has 0 heterocycles. The van der Waals surface area contributed by atoms with Gasteiger partial charge in [0.1, 0.15) is 0 Å². The summed E-state index contributed by atoms with van der Waals surface area (Å²) in [5.41, 5.74) is 0. The molecule has 0 spiro atoms. The number of carboxylic acid groups (broad SMARTS) is 1. The fourth-order valence-electron chi connectivity index (χ4n) is 3.30. The number of aliphatic hydroxyl groups excluding tert-OH is 2. The van der Waals surface area contributed by atoms with Gasteiger partial charge in [0.15, 0.2) is 5.78 Å². The average molecular weight is 352 g/mol. The number of allylic oxidation sites excluding steroid dienone is 3. The predicted molar refractivity (Wildman–Crippen MR) is 97.1 cm³/mol. The summed E-state index contributed by atoms with van der Waals surface area (Å²) >= 11 is 0. The molecule has 1 saturated carbocycles. The van der Waals surface area contributed by atoms with E-state index in [1.165, 1.54) is 0 Å². The molecule has 3 N–H and O–H groups in total. The van der Waals surface area contributed by atoms with Gasteiger partial charge in [-0.05, 0) is 37.7 Å². The number of rotatable bonds is 12. The molecule has 1 rings (SSSR count). The van der Waals surface area contributed by atoms with Gasteiger partial charge in [0.2, 0.25) is 0 Å². The Morgan fingerprint density at radius 2 is 1.80 bits per heavy atom. The minimum absolute atomic E-state index is 0.0741. The predicted octanol–water partition coefficient (Wildman–Crippen LogP) is 3.25. The van der Waals surface area contributed by atoms with Crippen LogP contribution in [0.1, 0.15) is 64.7 Å². The first-order valence-electron chi connectivity index (χ1n) is 9.39. The second kappa shape index (κ2) is 12.0. The van der Waals surface area contributed by atoms with Crippen LogP contribution in [0.15, 0.2) is 24.3 Å². The Hall–Kier alpha value is -1.46. The van der Waals surface area contributed by atoms with Crippen molar-refractivity contribution in [1.82, 2.24) is 0 Å². The van der Waals surface area contributed by atoms with E-state index in [4.69, 9.17) is 5.11 Å². The van der Waals surface area contributed by atoms with E-state index in [9.17, 15) is 19.8 Å². The van der Waals surface area contributed by atoms with Crippen molar-refractivity contribution in [2.75, 3.05) is 0 Å². The number of ketones is 1. The van der Waals surface area contributed by atoms with Crippen LogP contribution in [-0.2, 0) is 9.59 Å². The number of hydrogen-bond acceptors (Lipinski definition) is 4. The number of carboxylic acids is 1. The Kier molecular flexibility index (Phi) is 10.3. The first-order valence-corrected chi connectivity index (χ1v) is 9.39. The summed E-state index contributed by atoms with van der Waals surface area (Å²) in [7, 11) is 0. The third-order valence-electron chi connectivity index (χ3n) is 4.78. The molecule has 0 amide bonds. The highest BCUT2D eigenvalue weighted by atomic mass is 16.4. The van der Waals surface area contributed by atoms with Gasteiger partial charge in [0.25, 0.3) is 0 Å². The summed E-state index contributed by atoms with van der Waals surface area (Å²) < 4.78 is 0. The molecule has 5 heteroatoms. The maximum Gasteiger partial charge on any atom is 0.303 e. The van der Waals surface area contributed by atoms with Crippen molar-refractivity contribution in [3.63, 3.8) is 0 Å². The van der Waals surface area contributed by atoms with Crippen molar-refractivity contribution >= 4 is 11.8 Å². The van der Waals surface area contributed by atoms with E-state index >= 15 is 0 Å². The Bertz CT molecular complexity index is 469. The van der Waals surface area contributed by atoms with E-state index in [0.29, 0.717) is 32.1 Å². The molecule has 0 unspecified atom stereocenters. The molecule has 25 heavy (non-hydrogen) atoms. The quantitative estimate of drug-likeness (QED) is 0.285. The lowest BCUT2D eigenvalue weighted by molar-refractivity contribution is -0.137. The SMILES string of the molecule is CCCCCC(=O)/C=C/[C@@H]1[C@H](C/C=C\CCCC(=O)O)[C@@H](O)C[C@H]1O. The topological polar surface area (TPSA) is 94.8 Å². The lowest BCUT2D eigenvalue weighted by Crippen LogP contribution is -2.20. The highest BCUT2D eigenvalue weighted by Crippen LogP contribution is 2.36. The average Bonchev–Trinajstić information content (AvgIpc) is 2.82. The number of aliphatic carboxylic acids is 1. The van der Waals surface area contributed by atoms with Crippen molar-refractivity contribution in [3.05, 3.63) is 24.3 Å². The number of carbonyl (C=O) groups excluding carboxylic acids is 1. The van der Waals surface area contributed by atoms with E-state index in [1.54, 1.807) is 12.2 Å². The molecule has 1 aliphatic carbocycles. The van der Waals surface area contributed by atoms with Crippen molar-refractivity contribution in [2.45, 2.75) is 76.9 Å². The monoisotopic (exact) mass is 352 g/mol. The van der Waals surface area contributed by atoms with Gasteiger partial charge in [-0.1, -0.05) is 38.0 Å². The first-order chi connectivity index (χ1) is 12.0. The van der Waals surface area contributed by atoms with Gasteiger partial charge in [0, 0.05) is 25.2 Å². The smallest absolute Gasteiger partial charge is 0.303 e. The van der Waals surface area contributed by atoms with Gasteiger partial charge >= 0.3 is 5.97 Å². The number of carbonyl (C=O) groups is 2. The van der Waals surface area contributed by atoms with Crippen molar-refractivity contribution in [2.24, 2.45) is 11.8 Å². The molecule has 1 fully saturated rings. The molecule has 0 aromatic rings. The van der Waals surface area contributed by atoms with Gasteiger partial charge < -0.3 is 15.3 Å². The van der Waals surface area contributed by atoms with Gasteiger partial charge in [0.05, 0.1) is 12.2 Å². The van der Waals surface area contributed by atoms with E-state index < -0.39 is 18.2 Å². The molecule has 1 aliphatic rings. The maximum atomic E-state index is 11.9. The summed E-state index contributed by atoms with van der Waals surface area (Å²) in [6, 6.07) is 0. The molecular formula is C20H32O5. The van der Waals surface area contributed by atoms with Crippen LogP contribution in [-0.4, -0.2) is 39.3 Å². The molecule has 0 aliphatic heterocycles. The molecule has 0 aromatic heterocycles. The van der Waals surface area contributed by atoms with E-state index in [1.807, 2.05) is 12.2 Å². The van der Waals surface area contributed by atoms with E-state index in [-0.39, 0.29) is 24.0 Å². The van der Waals surface area contributed by atoms with Crippen LogP contribution in [0.4, 0.5) is 0 Å². The van der Waals surface area contributed by atoms with Crippen molar-refractivity contribution in [3.8, 4) is 0 Å². The summed E-state index contributed by atoms with van der Waals surface area (Å²) in [6.45, 7) is 2.09. The van der Waals surface area contributed by atoms with Crippen LogP contribution in [0.5, 0.6) is 0 Å². The highest BCUT2D eigenvalue weighted by Gasteiger charge is 2.39. The van der Waals surface area contributed by atoms with Crippen LogP contribution < -0.4 is 0 Å². The zero-order valence-electron chi connectivity index (χ0n) is 15.1. The molecule has 0 bridgehead atoms. The number of unbranched alkanes of at least 4 members (excludes halogenated alkanes) is 3. The second-order valence-electron chi connectivity index (χ2n) is 6.89. The fraction of sp³-hybridized carbons (Fsp3) is 0.700. The molecular weight excluding hydrogens is 320 g/mol. The fourth-order valence-corrected chi connectivity index (χ4v) is 3.30. The van der Waals surface area contributed by atoms with Crippen molar-refractivity contribution < 1.29 is 24.9 Å². The van der Waals surface area contributed by atoms with E-state index in [0.717, 1.165) is 19.3 Å². The van der Waals surface area contributed by atoms with Crippen LogP contribution in [0, 0.1) is 11.8 Å². The Balaban J connectivity index is 2.48. The third kappa shape index (κ3) is 8.45. The summed E-state index contributed by atoms with van der Waals surface area (Å²) in [5.74, 6) is -1.04. The molecule has 5 nitrogen and oxygen atoms in total. The molecule has 0 radical (unpaired) electrons. The zero-order valence-corrected chi connectivity index (χ0v) is 15.1. The van der Waals surface area contributed by atoms with E-state index in [2.05, 4.69) is 6.92 Å². The van der Waals surface area contributed by atoms with Gasteiger partial charge in [-0.25, -0.2) is 0 Å². The third-order valence-corrected chi connectivity index (χ3v) is 4.78. The van der Waals surface area contributed by atoms with Gasteiger partial charge in [-0.2, -0.15) is 0 Å². The molecule has 0 saturated heterocycles. The largest absolute Gasteiger partial charge is 0.481 e. The number of hydrogen-bond donors (Lipinski definition) is 3. The number of aliphatic hydroxyl groups is 2.